The highest BCUT2D eigenvalue weighted by atomic mass is 32.2. The van der Waals surface area contributed by atoms with Crippen molar-refractivity contribution in [3.8, 4) is 0 Å². The molecule has 0 aliphatic heterocycles. The van der Waals surface area contributed by atoms with Crippen molar-refractivity contribution in [3.05, 3.63) is 47.8 Å². The van der Waals surface area contributed by atoms with Crippen LogP contribution < -0.4 is 4.72 Å². The van der Waals surface area contributed by atoms with E-state index in [9.17, 15) is 8.42 Å². The van der Waals surface area contributed by atoms with Gasteiger partial charge in [-0.2, -0.15) is 4.52 Å². The number of aryl methyl sites for hydroxylation is 2. The van der Waals surface area contributed by atoms with Crippen molar-refractivity contribution in [3.63, 3.8) is 0 Å². The summed E-state index contributed by atoms with van der Waals surface area (Å²) in [4.78, 5) is 0.190. The number of nitrogens with one attached hydrogen (secondary N) is 1. The van der Waals surface area contributed by atoms with Gasteiger partial charge in [0.25, 0.3) is 10.0 Å². The molecule has 21 heavy (non-hydrogen) atoms. The maximum Gasteiger partial charge on any atom is 0.263 e. The van der Waals surface area contributed by atoms with E-state index in [2.05, 4.69) is 20.0 Å². The Labute approximate surface area is 121 Å². The van der Waals surface area contributed by atoms with Gasteiger partial charge in [-0.1, -0.05) is 17.7 Å². The molecule has 0 saturated carbocycles. The smallest absolute Gasteiger partial charge is 0.262 e. The summed E-state index contributed by atoms with van der Waals surface area (Å²) in [5.41, 5.74) is 1.55. The van der Waals surface area contributed by atoms with Crippen LogP contribution in [0.2, 0.25) is 0 Å². The lowest BCUT2D eigenvalue weighted by Crippen LogP contribution is -2.15. The summed E-state index contributed by atoms with van der Waals surface area (Å²) >= 11 is 0. The number of hydrogen-bond donors (Lipinski definition) is 1. The van der Waals surface area contributed by atoms with Crippen LogP contribution in [0.5, 0.6) is 0 Å². The van der Waals surface area contributed by atoms with Crippen molar-refractivity contribution in [2.75, 3.05) is 4.72 Å². The molecule has 0 fully saturated rings. The number of anilines is 1. The van der Waals surface area contributed by atoms with Gasteiger partial charge in [0.2, 0.25) is 0 Å². The first kappa shape index (κ1) is 13.5. The molecular formula is C13H13N5O2S. The summed E-state index contributed by atoms with van der Waals surface area (Å²) in [6, 6.07) is 9.81. The number of benzene rings is 1. The van der Waals surface area contributed by atoms with Gasteiger partial charge in [-0.25, -0.2) is 8.42 Å². The van der Waals surface area contributed by atoms with Gasteiger partial charge >= 0.3 is 0 Å². The van der Waals surface area contributed by atoms with Gasteiger partial charge in [-0.15, -0.1) is 15.3 Å². The number of sulfonamides is 1. The molecule has 0 atom stereocenters. The Morgan fingerprint density at radius 1 is 1.00 bits per heavy atom. The fourth-order valence-electron chi connectivity index (χ4n) is 1.86. The highest BCUT2D eigenvalue weighted by Gasteiger charge is 2.15. The van der Waals surface area contributed by atoms with E-state index < -0.39 is 10.0 Å². The van der Waals surface area contributed by atoms with E-state index in [0.717, 1.165) is 5.56 Å². The van der Waals surface area contributed by atoms with Crippen molar-refractivity contribution in [1.82, 2.24) is 19.8 Å². The molecule has 0 saturated heterocycles. The van der Waals surface area contributed by atoms with Gasteiger partial charge in [0.1, 0.15) is 0 Å². The third-order valence-corrected chi connectivity index (χ3v) is 4.36. The van der Waals surface area contributed by atoms with E-state index in [1.807, 2.05) is 6.92 Å². The van der Waals surface area contributed by atoms with Gasteiger partial charge < -0.3 is 0 Å². The first-order valence-electron chi connectivity index (χ1n) is 6.24. The highest BCUT2D eigenvalue weighted by Crippen LogP contribution is 2.15. The molecule has 1 N–H and O–H groups in total. The molecule has 0 aliphatic rings. The van der Waals surface area contributed by atoms with E-state index in [1.165, 1.54) is 4.52 Å². The Bertz CT molecular complexity index is 900. The standard InChI is InChI=1S/C13H13N5O2S/c1-9-3-5-11(6-4-9)21(19,20)17-12-7-8-13-15-14-10(2)18(13)16-12/h3-8H,1-2H3,(H,16,17). The number of aromatic nitrogens is 4. The van der Waals surface area contributed by atoms with Crippen LogP contribution in [0.1, 0.15) is 11.4 Å². The lowest BCUT2D eigenvalue weighted by Gasteiger charge is -2.07. The molecule has 8 heteroatoms. The Morgan fingerprint density at radius 2 is 1.71 bits per heavy atom. The van der Waals surface area contributed by atoms with E-state index in [0.29, 0.717) is 11.5 Å². The molecule has 0 bridgehead atoms. The number of rotatable bonds is 3. The van der Waals surface area contributed by atoms with E-state index in [4.69, 9.17) is 0 Å². The summed E-state index contributed by atoms with van der Waals surface area (Å²) in [6.07, 6.45) is 0. The fourth-order valence-corrected chi connectivity index (χ4v) is 2.86. The van der Waals surface area contributed by atoms with E-state index in [-0.39, 0.29) is 10.7 Å². The molecule has 0 unspecified atom stereocenters. The second kappa shape index (κ2) is 4.81. The SMILES string of the molecule is Cc1ccc(S(=O)(=O)Nc2ccc3nnc(C)n3n2)cc1. The number of fused-ring (bicyclic) bond motifs is 1. The largest absolute Gasteiger partial charge is 0.263 e. The minimum Gasteiger partial charge on any atom is -0.262 e. The van der Waals surface area contributed by atoms with Gasteiger partial charge in [-0.3, -0.25) is 4.72 Å². The fraction of sp³-hybridized carbons (Fsp3) is 0.154. The lowest BCUT2D eigenvalue weighted by molar-refractivity contribution is 0.601. The third-order valence-electron chi connectivity index (χ3n) is 2.99. The summed E-state index contributed by atoms with van der Waals surface area (Å²) < 4.78 is 28.5. The van der Waals surface area contributed by atoms with Gasteiger partial charge in [0.15, 0.2) is 17.3 Å². The predicted molar refractivity (Wildman–Crippen MR) is 77.5 cm³/mol. The van der Waals surface area contributed by atoms with Crippen LogP contribution in [0.4, 0.5) is 5.82 Å². The van der Waals surface area contributed by atoms with Crippen molar-refractivity contribution in [1.29, 1.82) is 0 Å². The number of nitrogens with zero attached hydrogens (tertiary/aromatic N) is 4. The van der Waals surface area contributed by atoms with Crippen LogP contribution >= 0.6 is 0 Å². The molecule has 0 amide bonds. The molecule has 0 aliphatic carbocycles. The van der Waals surface area contributed by atoms with Crippen LogP contribution in [0.3, 0.4) is 0 Å². The average molecular weight is 303 g/mol. The maximum atomic E-state index is 12.3. The molecule has 1 aromatic carbocycles. The first-order chi connectivity index (χ1) is 9.95. The Morgan fingerprint density at radius 3 is 2.43 bits per heavy atom. The monoisotopic (exact) mass is 303 g/mol. The summed E-state index contributed by atoms with van der Waals surface area (Å²) in [5, 5.41) is 11.9. The van der Waals surface area contributed by atoms with Gasteiger partial charge in [-0.05, 0) is 38.1 Å². The van der Waals surface area contributed by atoms with E-state index in [1.54, 1.807) is 43.3 Å². The molecule has 7 nitrogen and oxygen atoms in total. The molecule has 0 radical (unpaired) electrons. The molecule has 2 aromatic heterocycles. The summed E-state index contributed by atoms with van der Waals surface area (Å²) in [5.74, 6) is 0.798. The summed E-state index contributed by atoms with van der Waals surface area (Å²) in [7, 11) is -3.66. The van der Waals surface area contributed by atoms with Crippen LogP contribution in [-0.2, 0) is 10.0 Å². The zero-order chi connectivity index (χ0) is 15.0. The molecule has 108 valence electrons. The minimum absolute atomic E-state index is 0.190. The zero-order valence-electron chi connectivity index (χ0n) is 11.5. The zero-order valence-corrected chi connectivity index (χ0v) is 12.3. The van der Waals surface area contributed by atoms with Gasteiger partial charge in [0, 0.05) is 0 Å². The molecule has 3 aromatic rings. The Kier molecular flexibility index (Phi) is 3.09. The van der Waals surface area contributed by atoms with E-state index >= 15 is 0 Å². The van der Waals surface area contributed by atoms with Crippen LogP contribution in [0.25, 0.3) is 5.65 Å². The minimum atomic E-state index is -3.66. The Hall–Kier alpha value is -2.48. The van der Waals surface area contributed by atoms with Crippen LogP contribution in [0.15, 0.2) is 41.3 Å². The quantitative estimate of drug-likeness (QED) is 0.792. The maximum absolute atomic E-state index is 12.3. The molecular weight excluding hydrogens is 290 g/mol. The average Bonchev–Trinajstić information content (AvgIpc) is 2.80. The van der Waals surface area contributed by atoms with Gasteiger partial charge in [0.05, 0.1) is 4.90 Å². The normalized spacial score (nSPS) is 11.7. The second-order valence-corrected chi connectivity index (χ2v) is 6.34. The topological polar surface area (TPSA) is 89.2 Å². The van der Waals surface area contributed by atoms with Crippen molar-refractivity contribution >= 4 is 21.5 Å². The van der Waals surface area contributed by atoms with Crippen LogP contribution in [-0.4, -0.2) is 28.2 Å². The van der Waals surface area contributed by atoms with Crippen molar-refractivity contribution in [2.24, 2.45) is 0 Å². The highest BCUT2D eigenvalue weighted by molar-refractivity contribution is 7.92. The van der Waals surface area contributed by atoms with Crippen molar-refractivity contribution < 1.29 is 8.42 Å². The van der Waals surface area contributed by atoms with Crippen LogP contribution in [0, 0.1) is 13.8 Å². The lowest BCUT2D eigenvalue weighted by atomic mass is 10.2. The second-order valence-electron chi connectivity index (χ2n) is 4.65. The molecule has 2 heterocycles. The molecule has 0 spiro atoms. The van der Waals surface area contributed by atoms with Crippen molar-refractivity contribution in [2.45, 2.75) is 18.7 Å². The third kappa shape index (κ3) is 2.57. The predicted octanol–water partition coefficient (Wildman–Crippen LogP) is 1.54. The molecule has 3 rings (SSSR count). The first-order valence-corrected chi connectivity index (χ1v) is 7.72. The number of hydrogen-bond acceptors (Lipinski definition) is 5. The Balaban J connectivity index is 1.96. The summed E-state index contributed by atoms with van der Waals surface area (Å²) in [6.45, 7) is 3.64.